The lowest BCUT2D eigenvalue weighted by atomic mass is 10.0. The molecule has 82 valence electrons. The summed E-state index contributed by atoms with van der Waals surface area (Å²) in [4.78, 5) is 0. The number of nitrogens with zero attached hydrogens (tertiary/aromatic N) is 1. The number of rotatable bonds is 1. The van der Waals surface area contributed by atoms with Crippen molar-refractivity contribution in [3.8, 4) is 11.3 Å². The van der Waals surface area contributed by atoms with Gasteiger partial charge in [0.2, 0.25) is 5.88 Å². The summed E-state index contributed by atoms with van der Waals surface area (Å²) in [7, 11) is 0. The predicted molar refractivity (Wildman–Crippen MR) is 66.4 cm³/mol. The van der Waals surface area contributed by atoms with E-state index < -0.39 is 0 Å². The van der Waals surface area contributed by atoms with Crippen molar-refractivity contribution in [1.82, 2.24) is 5.16 Å². The van der Waals surface area contributed by atoms with Crippen LogP contribution in [-0.2, 0) is 6.42 Å². The Kier molecular flexibility index (Phi) is 2.44. The van der Waals surface area contributed by atoms with Crippen LogP contribution in [0.2, 0.25) is 0 Å². The van der Waals surface area contributed by atoms with E-state index in [-0.39, 0.29) is 0 Å². The molecule has 16 heavy (non-hydrogen) atoms. The molecule has 0 saturated heterocycles. The van der Waals surface area contributed by atoms with E-state index in [0.29, 0.717) is 0 Å². The largest absolute Gasteiger partial charge is 0.354 e. The Labute approximate surface area is 102 Å². The van der Waals surface area contributed by atoms with Crippen LogP contribution in [0.5, 0.6) is 0 Å². The van der Waals surface area contributed by atoms with Crippen molar-refractivity contribution in [2.45, 2.75) is 12.8 Å². The van der Waals surface area contributed by atoms with Crippen LogP contribution in [0.3, 0.4) is 0 Å². The molecule has 3 rings (SSSR count). The number of anilines is 1. The maximum absolute atomic E-state index is 5.30. The Hall–Kier alpha value is -1.29. The van der Waals surface area contributed by atoms with Gasteiger partial charge in [-0.05, 0) is 25.0 Å². The minimum Gasteiger partial charge on any atom is -0.354 e. The number of hydrogen-bond acceptors (Lipinski definition) is 3. The molecule has 0 saturated carbocycles. The maximum Gasteiger partial charge on any atom is 0.228 e. The van der Waals surface area contributed by atoms with Gasteiger partial charge in [0.15, 0.2) is 0 Å². The average molecular weight is 279 g/mol. The first-order valence-electron chi connectivity index (χ1n) is 5.33. The number of nitrogens with one attached hydrogen (secondary N) is 1. The highest BCUT2D eigenvalue weighted by atomic mass is 79.9. The van der Waals surface area contributed by atoms with Crippen LogP contribution in [-0.4, -0.2) is 11.7 Å². The lowest BCUT2D eigenvalue weighted by molar-refractivity contribution is 0.431. The highest BCUT2D eigenvalue weighted by Gasteiger charge is 2.19. The lowest BCUT2D eigenvalue weighted by Gasteiger charge is -2.11. The van der Waals surface area contributed by atoms with E-state index in [1.807, 2.05) is 12.1 Å². The van der Waals surface area contributed by atoms with E-state index in [0.717, 1.165) is 41.0 Å². The third-order valence-electron chi connectivity index (χ3n) is 2.79. The smallest absolute Gasteiger partial charge is 0.228 e. The molecule has 2 heterocycles. The number of aromatic nitrogens is 1. The second kappa shape index (κ2) is 3.94. The third-order valence-corrected chi connectivity index (χ3v) is 3.32. The van der Waals surface area contributed by atoms with Crippen molar-refractivity contribution in [3.05, 3.63) is 34.3 Å². The molecule has 0 spiro atoms. The van der Waals surface area contributed by atoms with Gasteiger partial charge in [-0.3, -0.25) is 0 Å². The molecule has 0 aliphatic carbocycles. The van der Waals surface area contributed by atoms with Gasteiger partial charge in [0.05, 0.1) is 0 Å². The van der Waals surface area contributed by atoms with Gasteiger partial charge in [0, 0.05) is 22.1 Å². The van der Waals surface area contributed by atoms with Crippen molar-refractivity contribution in [1.29, 1.82) is 0 Å². The minimum absolute atomic E-state index is 0.837. The second-order valence-electron chi connectivity index (χ2n) is 3.88. The van der Waals surface area contributed by atoms with Crippen molar-refractivity contribution in [3.63, 3.8) is 0 Å². The Morgan fingerprint density at radius 1 is 1.25 bits per heavy atom. The molecule has 0 radical (unpaired) electrons. The Bertz CT molecular complexity index is 504. The van der Waals surface area contributed by atoms with E-state index in [9.17, 15) is 0 Å². The van der Waals surface area contributed by atoms with Gasteiger partial charge in [-0.1, -0.05) is 33.2 Å². The van der Waals surface area contributed by atoms with Crippen LogP contribution in [0.1, 0.15) is 12.0 Å². The summed E-state index contributed by atoms with van der Waals surface area (Å²) in [6.07, 6.45) is 2.18. The van der Waals surface area contributed by atoms with Crippen LogP contribution in [0.4, 0.5) is 5.88 Å². The molecule has 4 heteroatoms. The minimum atomic E-state index is 0.837. The molecule has 1 aromatic heterocycles. The summed E-state index contributed by atoms with van der Waals surface area (Å²) in [5, 5.41) is 7.37. The molecule has 2 aromatic rings. The number of benzene rings is 1. The van der Waals surface area contributed by atoms with Crippen LogP contribution >= 0.6 is 15.9 Å². The highest BCUT2D eigenvalue weighted by molar-refractivity contribution is 9.10. The first-order chi connectivity index (χ1) is 7.84. The first-order valence-corrected chi connectivity index (χ1v) is 6.12. The van der Waals surface area contributed by atoms with Crippen LogP contribution in [0.15, 0.2) is 33.3 Å². The molecular formula is C12H11BrN2O. The van der Waals surface area contributed by atoms with Crippen LogP contribution < -0.4 is 5.32 Å². The fourth-order valence-electron chi connectivity index (χ4n) is 1.98. The molecule has 0 amide bonds. The molecule has 0 atom stereocenters. The van der Waals surface area contributed by atoms with E-state index in [4.69, 9.17) is 4.52 Å². The van der Waals surface area contributed by atoms with Crippen molar-refractivity contribution in [2.75, 3.05) is 11.9 Å². The fraction of sp³-hybridized carbons (Fsp3) is 0.250. The summed E-state index contributed by atoms with van der Waals surface area (Å²) in [5.74, 6) is 0.837. The summed E-state index contributed by atoms with van der Waals surface area (Å²) in [5.41, 5.74) is 3.28. The zero-order valence-corrected chi connectivity index (χ0v) is 10.3. The summed E-state index contributed by atoms with van der Waals surface area (Å²) >= 11 is 3.43. The first kappa shape index (κ1) is 9.90. The van der Waals surface area contributed by atoms with Crippen molar-refractivity contribution < 1.29 is 4.52 Å². The van der Waals surface area contributed by atoms with E-state index >= 15 is 0 Å². The average Bonchev–Trinajstić information content (AvgIpc) is 2.74. The van der Waals surface area contributed by atoms with Crippen molar-refractivity contribution >= 4 is 21.8 Å². The zero-order valence-electron chi connectivity index (χ0n) is 8.66. The number of halogens is 1. The fourth-order valence-corrected chi connectivity index (χ4v) is 2.25. The van der Waals surface area contributed by atoms with Gasteiger partial charge in [-0.25, -0.2) is 0 Å². The molecule has 0 unspecified atom stereocenters. The van der Waals surface area contributed by atoms with Crippen molar-refractivity contribution in [2.24, 2.45) is 0 Å². The quantitative estimate of drug-likeness (QED) is 0.868. The molecule has 1 N–H and O–H groups in total. The number of fused-ring (bicyclic) bond motifs is 1. The normalized spacial score (nSPS) is 14.3. The maximum atomic E-state index is 5.30. The number of hydrogen-bond donors (Lipinski definition) is 1. The molecule has 0 fully saturated rings. The molecule has 1 aliphatic heterocycles. The summed E-state index contributed by atoms with van der Waals surface area (Å²) in [6.45, 7) is 0.974. The third kappa shape index (κ3) is 1.63. The van der Waals surface area contributed by atoms with Crippen LogP contribution in [0, 0.1) is 0 Å². The van der Waals surface area contributed by atoms with Gasteiger partial charge in [0.25, 0.3) is 0 Å². The Balaban J connectivity index is 2.06. The summed E-state index contributed by atoms with van der Waals surface area (Å²) in [6, 6.07) is 8.15. The SMILES string of the molecule is Brc1ccc(-c2noc3c2CCCN3)cc1. The van der Waals surface area contributed by atoms with E-state index in [2.05, 4.69) is 38.5 Å². The Morgan fingerprint density at radius 2 is 2.06 bits per heavy atom. The lowest BCUT2D eigenvalue weighted by Crippen LogP contribution is -2.09. The van der Waals surface area contributed by atoms with E-state index in [1.165, 1.54) is 5.56 Å². The van der Waals surface area contributed by atoms with Gasteiger partial charge in [0.1, 0.15) is 5.69 Å². The predicted octanol–water partition coefficient (Wildman–Crippen LogP) is 3.46. The molecule has 1 aromatic carbocycles. The monoisotopic (exact) mass is 278 g/mol. The van der Waals surface area contributed by atoms with Gasteiger partial charge in [-0.2, -0.15) is 0 Å². The van der Waals surface area contributed by atoms with E-state index in [1.54, 1.807) is 0 Å². The molecule has 3 nitrogen and oxygen atoms in total. The molecule has 0 bridgehead atoms. The standard InChI is InChI=1S/C12H11BrN2O/c13-9-5-3-8(4-6-9)11-10-2-1-7-14-12(10)16-15-11/h3-6,14H,1-2,7H2. The molecule has 1 aliphatic rings. The van der Waals surface area contributed by atoms with Gasteiger partial charge in [-0.15, -0.1) is 0 Å². The summed E-state index contributed by atoms with van der Waals surface area (Å²) < 4.78 is 6.37. The zero-order chi connectivity index (χ0) is 11.0. The second-order valence-corrected chi connectivity index (χ2v) is 4.79. The van der Waals surface area contributed by atoms with Gasteiger partial charge < -0.3 is 9.84 Å². The topological polar surface area (TPSA) is 38.1 Å². The Morgan fingerprint density at radius 3 is 2.88 bits per heavy atom. The van der Waals surface area contributed by atoms with Gasteiger partial charge >= 0.3 is 0 Å². The highest BCUT2D eigenvalue weighted by Crippen LogP contribution is 2.32. The molecular weight excluding hydrogens is 268 g/mol. The van der Waals surface area contributed by atoms with Crippen LogP contribution in [0.25, 0.3) is 11.3 Å².